The van der Waals surface area contributed by atoms with Gasteiger partial charge in [0.2, 0.25) is 0 Å². The van der Waals surface area contributed by atoms with Gasteiger partial charge < -0.3 is 0 Å². The second-order valence-electron chi connectivity index (χ2n) is 5.30. The molecule has 4 atom stereocenters. The number of benzene rings is 1. The molecule has 0 spiro atoms. The van der Waals surface area contributed by atoms with Crippen LogP contribution >= 0.6 is 0 Å². The summed E-state index contributed by atoms with van der Waals surface area (Å²) < 4.78 is 7.72. The zero-order valence-electron chi connectivity index (χ0n) is 12.4. The number of aromatic amines is 1. The van der Waals surface area contributed by atoms with Crippen molar-refractivity contribution in [3.63, 3.8) is 0 Å². The number of hydrogen-bond acceptors (Lipinski definition) is 6. The summed E-state index contributed by atoms with van der Waals surface area (Å²) in [5.41, 5.74) is -1.24. The minimum absolute atomic E-state index is 0.344. The molecule has 1 aliphatic heterocycles. The van der Waals surface area contributed by atoms with Gasteiger partial charge in [-0.25, -0.2) is 0 Å². The van der Waals surface area contributed by atoms with E-state index in [9.17, 15) is 19.8 Å². The average Bonchev–Trinajstić information content (AvgIpc) is 2.86. The van der Waals surface area contributed by atoms with Crippen molar-refractivity contribution < 1.29 is 20.1 Å². The van der Waals surface area contributed by atoms with E-state index in [4.69, 9.17) is 9.84 Å². The van der Waals surface area contributed by atoms with Crippen LogP contribution in [0.5, 0.6) is 0 Å². The molecule has 4 N–H and O–H groups in total. The monoisotopic (exact) mass is 400 g/mol. The first-order chi connectivity index (χ1) is 11.5. The van der Waals surface area contributed by atoms with Crippen LogP contribution in [0.3, 0.4) is 0 Å². The predicted molar refractivity (Wildman–Crippen MR) is 85.8 cm³/mol. The van der Waals surface area contributed by atoms with E-state index in [0.29, 0.717) is 4.46 Å². The van der Waals surface area contributed by atoms with Crippen molar-refractivity contribution in [2.45, 2.75) is 24.5 Å². The standard InChI is InChI=1S/C15H16N2O6Se/c18-7-9-11(19)12(20)14(23-9)17-6-10(13(21)16-15(17)22)24-8-4-2-1-3-5-8/h1-6,9,11-12,14,18-20H,7H2,(H,16,21,22). The van der Waals surface area contributed by atoms with Crippen molar-refractivity contribution in [2.24, 2.45) is 0 Å². The third-order valence-electron chi connectivity index (χ3n) is 3.70. The van der Waals surface area contributed by atoms with Crippen molar-refractivity contribution in [1.82, 2.24) is 9.55 Å². The molecule has 0 aliphatic carbocycles. The molecule has 1 saturated heterocycles. The molecule has 2 heterocycles. The second-order valence-corrected chi connectivity index (χ2v) is 7.64. The molecule has 1 aromatic carbocycles. The number of rotatable bonds is 4. The van der Waals surface area contributed by atoms with E-state index in [-0.39, 0.29) is 15.0 Å². The first-order valence-corrected chi connectivity index (χ1v) is 8.93. The van der Waals surface area contributed by atoms with Crippen LogP contribution in [0.15, 0.2) is 46.1 Å². The molecule has 9 heteroatoms. The quantitative estimate of drug-likeness (QED) is 0.402. The Morgan fingerprint density at radius 2 is 1.88 bits per heavy atom. The fraction of sp³-hybridized carbons (Fsp3) is 0.333. The Kier molecular flexibility index (Phi) is 5.00. The number of aromatic nitrogens is 2. The summed E-state index contributed by atoms with van der Waals surface area (Å²) >= 11 is -0.344. The van der Waals surface area contributed by atoms with Crippen molar-refractivity contribution >= 4 is 23.9 Å². The molecule has 1 fully saturated rings. The number of aliphatic hydroxyl groups is 3. The Morgan fingerprint density at radius 3 is 2.50 bits per heavy atom. The maximum absolute atomic E-state index is 12.1. The molecule has 1 aromatic heterocycles. The third-order valence-corrected chi connectivity index (χ3v) is 5.83. The van der Waals surface area contributed by atoms with E-state index in [1.807, 2.05) is 30.3 Å². The topological polar surface area (TPSA) is 125 Å². The van der Waals surface area contributed by atoms with Crippen LogP contribution in [-0.4, -0.2) is 64.7 Å². The minimum atomic E-state index is -1.39. The van der Waals surface area contributed by atoms with Crippen LogP contribution in [0.1, 0.15) is 6.23 Å². The fourth-order valence-electron chi connectivity index (χ4n) is 2.45. The molecular formula is C15H16N2O6Se. The summed E-state index contributed by atoms with van der Waals surface area (Å²) in [6.07, 6.45) is -3.53. The number of nitrogens with zero attached hydrogens (tertiary/aromatic N) is 1. The maximum atomic E-state index is 12.1. The van der Waals surface area contributed by atoms with Crippen LogP contribution < -0.4 is 20.2 Å². The Balaban J connectivity index is 1.96. The van der Waals surface area contributed by atoms with Crippen LogP contribution in [0.2, 0.25) is 0 Å². The number of hydrogen-bond donors (Lipinski definition) is 4. The third kappa shape index (κ3) is 3.23. The van der Waals surface area contributed by atoms with E-state index in [0.717, 1.165) is 9.03 Å². The molecule has 8 nitrogen and oxygen atoms in total. The average molecular weight is 399 g/mol. The van der Waals surface area contributed by atoms with Gasteiger partial charge in [-0.05, 0) is 0 Å². The predicted octanol–water partition coefficient (Wildman–Crippen LogP) is -3.20. The Hall–Kier alpha value is -1.74. The Morgan fingerprint density at radius 1 is 1.17 bits per heavy atom. The zero-order chi connectivity index (χ0) is 17.3. The molecule has 3 rings (SSSR count). The normalized spacial score (nSPS) is 26.6. The molecule has 0 amide bonds. The second kappa shape index (κ2) is 7.02. The van der Waals surface area contributed by atoms with Gasteiger partial charge in [0, 0.05) is 0 Å². The summed E-state index contributed by atoms with van der Waals surface area (Å²) in [7, 11) is 0. The Labute approximate surface area is 142 Å². The van der Waals surface area contributed by atoms with E-state index < -0.39 is 42.4 Å². The van der Waals surface area contributed by atoms with Crippen LogP contribution in [0, 0.1) is 0 Å². The number of ether oxygens (including phenoxy) is 1. The first-order valence-electron chi connectivity index (χ1n) is 7.22. The molecule has 0 radical (unpaired) electrons. The van der Waals surface area contributed by atoms with Gasteiger partial charge in [0.05, 0.1) is 0 Å². The molecule has 0 saturated carbocycles. The summed E-state index contributed by atoms with van der Waals surface area (Å²) in [4.78, 5) is 26.3. The van der Waals surface area contributed by atoms with Crippen LogP contribution in [0.4, 0.5) is 0 Å². The molecule has 0 bridgehead atoms. The van der Waals surface area contributed by atoms with Crippen molar-refractivity contribution in [2.75, 3.05) is 6.61 Å². The molecule has 4 unspecified atom stereocenters. The van der Waals surface area contributed by atoms with Crippen LogP contribution in [0.25, 0.3) is 0 Å². The van der Waals surface area contributed by atoms with Gasteiger partial charge in [0.1, 0.15) is 0 Å². The van der Waals surface area contributed by atoms with Gasteiger partial charge in [-0.1, -0.05) is 0 Å². The van der Waals surface area contributed by atoms with Gasteiger partial charge in [-0.3, -0.25) is 0 Å². The SMILES string of the molecule is O=c1[nH]c(=O)n(C2OC(CO)C(O)C2O)cc1[Se]c1ccccc1. The molecule has 24 heavy (non-hydrogen) atoms. The Bertz CT molecular complexity index is 821. The molecule has 128 valence electrons. The van der Waals surface area contributed by atoms with Gasteiger partial charge in [0.25, 0.3) is 0 Å². The van der Waals surface area contributed by atoms with Crippen LogP contribution in [-0.2, 0) is 4.74 Å². The van der Waals surface area contributed by atoms with Crippen molar-refractivity contribution in [1.29, 1.82) is 0 Å². The number of aliphatic hydroxyl groups excluding tert-OH is 3. The molecular weight excluding hydrogens is 383 g/mol. The van der Waals surface area contributed by atoms with Gasteiger partial charge in [0.15, 0.2) is 0 Å². The summed E-state index contributed by atoms with van der Waals surface area (Å²) in [5.74, 6) is 0. The van der Waals surface area contributed by atoms with Gasteiger partial charge in [-0.2, -0.15) is 0 Å². The fourth-order valence-corrected chi connectivity index (χ4v) is 4.25. The van der Waals surface area contributed by atoms with Gasteiger partial charge in [-0.15, -0.1) is 0 Å². The van der Waals surface area contributed by atoms with E-state index in [1.54, 1.807) is 0 Å². The first kappa shape index (κ1) is 17.1. The zero-order valence-corrected chi connectivity index (χ0v) is 14.1. The van der Waals surface area contributed by atoms with Crippen molar-refractivity contribution in [3.05, 3.63) is 57.4 Å². The van der Waals surface area contributed by atoms with Crippen molar-refractivity contribution in [3.8, 4) is 0 Å². The summed E-state index contributed by atoms with van der Waals surface area (Å²) in [6, 6.07) is 9.33. The molecule has 1 aliphatic rings. The molecule has 2 aromatic rings. The van der Waals surface area contributed by atoms with E-state index >= 15 is 0 Å². The van der Waals surface area contributed by atoms with Gasteiger partial charge >= 0.3 is 142 Å². The summed E-state index contributed by atoms with van der Waals surface area (Å²) in [6.45, 7) is -0.492. The number of H-pyrrole nitrogens is 1. The summed E-state index contributed by atoms with van der Waals surface area (Å²) in [5, 5.41) is 29.0. The van der Waals surface area contributed by atoms with E-state index in [2.05, 4.69) is 4.98 Å². The van der Waals surface area contributed by atoms with E-state index in [1.165, 1.54) is 6.20 Å². The number of nitrogens with one attached hydrogen (secondary N) is 1.